The van der Waals surface area contributed by atoms with Crippen molar-refractivity contribution in [2.45, 2.75) is 19.3 Å². The second-order valence-electron chi connectivity index (χ2n) is 4.57. The van der Waals surface area contributed by atoms with Crippen LogP contribution in [0.3, 0.4) is 0 Å². The van der Waals surface area contributed by atoms with Crippen molar-refractivity contribution in [3.05, 3.63) is 46.2 Å². The molecule has 0 aliphatic heterocycles. The first kappa shape index (κ1) is 14.9. The Morgan fingerprint density at radius 2 is 2.10 bits per heavy atom. The van der Waals surface area contributed by atoms with E-state index in [-0.39, 0.29) is 0 Å². The molecule has 3 nitrogen and oxygen atoms in total. The zero-order valence-corrected chi connectivity index (χ0v) is 12.8. The van der Waals surface area contributed by atoms with Crippen molar-refractivity contribution >= 4 is 11.3 Å². The number of thiophene rings is 1. The van der Waals surface area contributed by atoms with Crippen LogP contribution in [0.5, 0.6) is 11.5 Å². The molecule has 0 bridgehead atoms. The average Bonchev–Trinajstić information content (AvgIpc) is 2.99. The van der Waals surface area contributed by atoms with Crippen molar-refractivity contribution < 1.29 is 9.47 Å². The van der Waals surface area contributed by atoms with Crippen LogP contribution >= 0.6 is 11.3 Å². The van der Waals surface area contributed by atoms with Gasteiger partial charge in [0, 0.05) is 17.3 Å². The van der Waals surface area contributed by atoms with E-state index in [2.05, 4.69) is 29.6 Å². The largest absolute Gasteiger partial charge is 0.493 e. The number of nitrogens with two attached hydrogens (primary N) is 1. The molecule has 20 heavy (non-hydrogen) atoms. The van der Waals surface area contributed by atoms with Crippen LogP contribution < -0.4 is 15.2 Å². The van der Waals surface area contributed by atoms with Crippen LogP contribution in [0.1, 0.15) is 23.3 Å². The Labute approximate surface area is 124 Å². The summed E-state index contributed by atoms with van der Waals surface area (Å²) in [4.78, 5) is 1.33. The molecule has 0 aliphatic rings. The molecular weight excluding hydrogens is 270 g/mol. The summed E-state index contributed by atoms with van der Waals surface area (Å²) in [6, 6.07) is 10.3. The van der Waals surface area contributed by atoms with Gasteiger partial charge in [0.2, 0.25) is 0 Å². The highest BCUT2D eigenvalue weighted by Gasteiger charge is 2.13. The first-order valence-electron chi connectivity index (χ1n) is 6.81. The summed E-state index contributed by atoms with van der Waals surface area (Å²) in [5, 5.41) is 2.09. The van der Waals surface area contributed by atoms with E-state index in [0.29, 0.717) is 19.1 Å². The number of rotatable bonds is 7. The molecule has 1 heterocycles. The molecule has 0 fully saturated rings. The van der Waals surface area contributed by atoms with Crippen LogP contribution in [0.25, 0.3) is 0 Å². The zero-order chi connectivity index (χ0) is 14.4. The van der Waals surface area contributed by atoms with Gasteiger partial charge in [-0.3, -0.25) is 0 Å². The van der Waals surface area contributed by atoms with Gasteiger partial charge < -0.3 is 15.2 Å². The van der Waals surface area contributed by atoms with Gasteiger partial charge in [0.1, 0.15) is 0 Å². The van der Waals surface area contributed by atoms with E-state index in [9.17, 15) is 0 Å². The molecule has 1 aromatic heterocycles. The Morgan fingerprint density at radius 1 is 1.25 bits per heavy atom. The van der Waals surface area contributed by atoms with Crippen LogP contribution in [0.2, 0.25) is 0 Å². The van der Waals surface area contributed by atoms with Gasteiger partial charge in [0.25, 0.3) is 0 Å². The van der Waals surface area contributed by atoms with Crippen LogP contribution in [0.4, 0.5) is 0 Å². The topological polar surface area (TPSA) is 44.5 Å². The summed E-state index contributed by atoms with van der Waals surface area (Å²) in [6.45, 7) is 3.25. The maximum atomic E-state index is 5.92. The second-order valence-corrected chi connectivity index (χ2v) is 5.55. The van der Waals surface area contributed by atoms with Crippen molar-refractivity contribution in [1.29, 1.82) is 0 Å². The molecule has 0 amide bonds. The first-order chi connectivity index (χ1) is 9.78. The second kappa shape index (κ2) is 7.31. The highest BCUT2D eigenvalue weighted by atomic mass is 32.1. The van der Waals surface area contributed by atoms with E-state index in [1.807, 2.05) is 13.0 Å². The third-order valence-corrected chi connectivity index (χ3v) is 4.27. The summed E-state index contributed by atoms with van der Waals surface area (Å²) in [5.74, 6) is 1.93. The maximum Gasteiger partial charge on any atom is 0.161 e. The number of hydrogen-bond donors (Lipinski definition) is 1. The van der Waals surface area contributed by atoms with Crippen LogP contribution in [-0.2, 0) is 6.42 Å². The van der Waals surface area contributed by atoms with Gasteiger partial charge in [-0.25, -0.2) is 0 Å². The van der Waals surface area contributed by atoms with Gasteiger partial charge in [0.15, 0.2) is 11.5 Å². The Hall–Kier alpha value is -1.52. The monoisotopic (exact) mass is 291 g/mol. The quantitative estimate of drug-likeness (QED) is 0.850. The smallest absolute Gasteiger partial charge is 0.161 e. The van der Waals surface area contributed by atoms with Crippen molar-refractivity contribution in [2.24, 2.45) is 5.73 Å². The number of benzene rings is 1. The fourth-order valence-corrected chi connectivity index (χ4v) is 3.07. The highest BCUT2D eigenvalue weighted by Crippen LogP contribution is 2.31. The van der Waals surface area contributed by atoms with Crippen molar-refractivity contribution in [3.63, 3.8) is 0 Å². The number of hydrogen-bond acceptors (Lipinski definition) is 4. The standard InChI is InChI=1S/C16H21NO2S/c1-3-19-15-10-12(6-7-14(15)18-2)9-13(11-17)16-5-4-8-20-16/h4-8,10,13H,3,9,11,17H2,1-2H3. The van der Waals surface area contributed by atoms with Crippen molar-refractivity contribution in [2.75, 3.05) is 20.3 Å². The molecule has 1 unspecified atom stereocenters. The lowest BCUT2D eigenvalue weighted by Gasteiger charge is -2.15. The first-order valence-corrected chi connectivity index (χ1v) is 7.69. The molecule has 0 radical (unpaired) electrons. The van der Waals surface area contributed by atoms with E-state index in [0.717, 1.165) is 17.9 Å². The number of methoxy groups -OCH3 is 1. The molecule has 0 saturated heterocycles. The van der Waals surface area contributed by atoms with Crippen LogP contribution in [-0.4, -0.2) is 20.3 Å². The summed E-state index contributed by atoms with van der Waals surface area (Å²) < 4.78 is 10.9. The predicted octanol–water partition coefficient (Wildman–Crippen LogP) is 3.44. The van der Waals surface area contributed by atoms with Gasteiger partial charge in [-0.15, -0.1) is 11.3 Å². The molecule has 1 atom stereocenters. The molecule has 0 spiro atoms. The van der Waals surface area contributed by atoms with Gasteiger partial charge in [-0.05, 0) is 42.5 Å². The molecule has 1 aromatic carbocycles. The van der Waals surface area contributed by atoms with E-state index >= 15 is 0 Å². The summed E-state index contributed by atoms with van der Waals surface area (Å²) in [5.41, 5.74) is 7.14. The molecule has 2 N–H and O–H groups in total. The SMILES string of the molecule is CCOc1cc(CC(CN)c2cccs2)ccc1OC. The minimum Gasteiger partial charge on any atom is -0.493 e. The van der Waals surface area contributed by atoms with Crippen LogP contribution in [0, 0.1) is 0 Å². The van der Waals surface area contributed by atoms with Gasteiger partial charge in [-0.1, -0.05) is 12.1 Å². The molecular formula is C16H21NO2S. The van der Waals surface area contributed by atoms with Gasteiger partial charge in [-0.2, -0.15) is 0 Å². The van der Waals surface area contributed by atoms with Crippen molar-refractivity contribution in [3.8, 4) is 11.5 Å². The third-order valence-electron chi connectivity index (χ3n) is 3.24. The fraction of sp³-hybridized carbons (Fsp3) is 0.375. The predicted molar refractivity (Wildman–Crippen MR) is 84.0 cm³/mol. The lowest BCUT2D eigenvalue weighted by molar-refractivity contribution is 0.310. The third kappa shape index (κ3) is 3.52. The van der Waals surface area contributed by atoms with E-state index in [1.54, 1.807) is 18.4 Å². The normalized spacial score (nSPS) is 12.2. The van der Waals surface area contributed by atoms with E-state index < -0.39 is 0 Å². The molecule has 2 aromatic rings. The number of ether oxygens (including phenoxy) is 2. The van der Waals surface area contributed by atoms with Crippen molar-refractivity contribution in [1.82, 2.24) is 0 Å². The Kier molecular flexibility index (Phi) is 5.44. The van der Waals surface area contributed by atoms with Gasteiger partial charge >= 0.3 is 0 Å². The van der Waals surface area contributed by atoms with E-state index in [4.69, 9.17) is 15.2 Å². The fourth-order valence-electron chi connectivity index (χ4n) is 2.22. The molecule has 0 saturated carbocycles. The van der Waals surface area contributed by atoms with Crippen LogP contribution in [0.15, 0.2) is 35.7 Å². The summed E-state index contributed by atoms with van der Waals surface area (Å²) >= 11 is 1.76. The molecule has 4 heteroatoms. The lowest BCUT2D eigenvalue weighted by Crippen LogP contribution is -2.14. The van der Waals surface area contributed by atoms with E-state index in [1.165, 1.54) is 10.4 Å². The minimum atomic E-state index is 0.359. The molecule has 2 rings (SSSR count). The average molecular weight is 291 g/mol. The molecule has 108 valence electrons. The van der Waals surface area contributed by atoms with Gasteiger partial charge in [0.05, 0.1) is 13.7 Å². The maximum absolute atomic E-state index is 5.92. The minimum absolute atomic E-state index is 0.359. The summed E-state index contributed by atoms with van der Waals surface area (Å²) in [7, 11) is 1.66. The molecule has 0 aliphatic carbocycles. The zero-order valence-electron chi connectivity index (χ0n) is 12.0. The Morgan fingerprint density at radius 3 is 2.70 bits per heavy atom. The Bertz CT molecular complexity index is 525. The Balaban J connectivity index is 2.18. The summed E-state index contributed by atoms with van der Waals surface area (Å²) in [6.07, 6.45) is 0.918. The lowest BCUT2D eigenvalue weighted by atomic mass is 9.97. The highest BCUT2D eigenvalue weighted by molar-refractivity contribution is 7.10.